The Morgan fingerprint density at radius 3 is 2.49 bits per heavy atom. The Labute approximate surface area is 217 Å². The van der Waals surface area contributed by atoms with E-state index in [0.29, 0.717) is 11.5 Å². The van der Waals surface area contributed by atoms with Gasteiger partial charge in [-0.3, -0.25) is 9.59 Å². The van der Waals surface area contributed by atoms with E-state index in [1.54, 1.807) is 18.9 Å². The maximum Gasteiger partial charge on any atom is 0.261 e. The molecule has 2 amide bonds. The van der Waals surface area contributed by atoms with E-state index in [1.165, 1.54) is 5.56 Å². The second kappa shape index (κ2) is 11.9. The van der Waals surface area contributed by atoms with Gasteiger partial charge >= 0.3 is 0 Å². The molecule has 0 heterocycles. The van der Waals surface area contributed by atoms with Gasteiger partial charge in [0.2, 0.25) is 5.91 Å². The number of halogens is 1. The summed E-state index contributed by atoms with van der Waals surface area (Å²) in [5.74, 6) is 0.908. The van der Waals surface area contributed by atoms with Gasteiger partial charge in [0.15, 0.2) is 6.61 Å². The van der Waals surface area contributed by atoms with Crippen LogP contribution in [-0.4, -0.2) is 42.5 Å². The largest absolute Gasteiger partial charge is 0.497 e. The fourth-order valence-corrected chi connectivity index (χ4v) is 4.74. The maximum absolute atomic E-state index is 13.4. The molecule has 1 aliphatic carbocycles. The van der Waals surface area contributed by atoms with Gasteiger partial charge in [0.05, 0.1) is 11.6 Å². The van der Waals surface area contributed by atoms with Crippen LogP contribution in [0.5, 0.6) is 11.5 Å². The first-order valence-corrected chi connectivity index (χ1v) is 13.0. The molecule has 1 atom stereocenters. The number of methoxy groups -OCH3 is 1. The number of amides is 2. The van der Waals surface area contributed by atoms with Crippen LogP contribution < -0.4 is 14.8 Å². The third kappa shape index (κ3) is 7.47. The smallest absolute Gasteiger partial charge is 0.261 e. The lowest BCUT2D eigenvalue weighted by Crippen LogP contribution is -2.50. The van der Waals surface area contributed by atoms with Crippen LogP contribution in [-0.2, 0) is 21.5 Å². The highest BCUT2D eigenvalue weighted by Gasteiger charge is 2.29. The zero-order valence-corrected chi connectivity index (χ0v) is 23.0. The van der Waals surface area contributed by atoms with Crippen molar-refractivity contribution in [3.8, 4) is 11.5 Å². The molecule has 1 N–H and O–H groups in total. The fourth-order valence-electron chi connectivity index (χ4n) is 4.25. The van der Waals surface area contributed by atoms with Gasteiger partial charge in [0.25, 0.3) is 5.91 Å². The highest BCUT2D eigenvalue weighted by atomic mass is 79.9. The van der Waals surface area contributed by atoms with Crippen LogP contribution in [0.1, 0.15) is 64.5 Å². The Morgan fingerprint density at radius 1 is 1.14 bits per heavy atom. The second-order valence-corrected chi connectivity index (χ2v) is 11.1. The van der Waals surface area contributed by atoms with E-state index < -0.39 is 6.04 Å². The van der Waals surface area contributed by atoms with Crippen molar-refractivity contribution in [1.82, 2.24) is 10.2 Å². The van der Waals surface area contributed by atoms with Gasteiger partial charge in [-0.15, -0.1) is 0 Å². The lowest BCUT2D eigenvalue weighted by atomic mass is 9.87. The van der Waals surface area contributed by atoms with Crippen molar-refractivity contribution in [2.75, 3.05) is 13.7 Å². The molecular weight excluding hydrogens is 508 g/mol. The zero-order chi connectivity index (χ0) is 25.6. The van der Waals surface area contributed by atoms with Crippen molar-refractivity contribution >= 4 is 27.7 Å². The van der Waals surface area contributed by atoms with E-state index in [1.807, 2.05) is 42.5 Å². The third-order valence-electron chi connectivity index (χ3n) is 6.50. The van der Waals surface area contributed by atoms with E-state index in [9.17, 15) is 9.59 Å². The van der Waals surface area contributed by atoms with Crippen LogP contribution in [0.15, 0.2) is 46.9 Å². The molecule has 190 valence electrons. The van der Waals surface area contributed by atoms with Crippen molar-refractivity contribution in [2.45, 2.75) is 77.4 Å². The Morgan fingerprint density at radius 2 is 1.86 bits per heavy atom. The van der Waals surface area contributed by atoms with Crippen molar-refractivity contribution in [1.29, 1.82) is 0 Å². The number of ether oxygens (including phenoxy) is 2. The minimum atomic E-state index is -0.635. The normalized spacial score (nSPS) is 14.9. The van der Waals surface area contributed by atoms with Gasteiger partial charge in [0.1, 0.15) is 17.5 Å². The summed E-state index contributed by atoms with van der Waals surface area (Å²) >= 11 is 3.57. The molecule has 1 saturated carbocycles. The van der Waals surface area contributed by atoms with Gasteiger partial charge in [-0.2, -0.15) is 0 Å². The standard InChI is InChI=1S/C28H37BrN2O4/c1-19(27(33)30-22-10-6-7-11-22)31(17-20-9-8-12-23(15-20)34-5)26(32)18-35-25-14-13-21(16-24(25)29)28(2,3)4/h8-9,12-16,19,22H,6-7,10-11,17-18H2,1-5H3,(H,30,33)/t19-/m0/s1. The van der Waals surface area contributed by atoms with Crippen molar-refractivity contribution in [3.05, 3.63) is 58.1 Å². The summed E-state index contributed by atoms with van der Waals surface area (Å²) in [6, 6.07) is 13.0. The van der Waals surface area contributed by atoms with Gasteiger partial charge in [-0.25, -0.2) is 0 Å². The number of benzene rings is 2. The van der Waals surface area contributed by atoms with Gasteiger partial charge < -0.3 is 19.7 Å². The quantitative estimate of drug-likeness (QED) is 0.445. The number of carbonyl (C=O) groups excluding carboxylic acids is 2. The number of hydrogen-bond acceptors (Lipinski definition) is 4. The number of nitrogens with zero attached hydrogens (tertiary/aromatic N) is 1. The van der Waals surface area contributed by atoms with Gasteiger partial charge in [0, 0.05) is 12.6 Å². The first kappa shape index (κ1) is 27.1. The highest BCUT2D eigenvalue weighted by molar-refractivity contribution is 9.10. The minimum absolute atomic E-state index is 0.00647. The lowest BCUT2D eigenvalue weighted by Gasteiger charge is -2.30. The second-order valence-electron chi connectivity index (χ2n) is 10.2. The Bertz CT molecular complexity index is 1030. The molecule has 0 aromatic heterocycles. The Kier molecular flexibility index (Phi) is 9.22. The Hall–Kier alpha value is -2.54. The minimum Gasteiger partial charge on any atom is -0.497 e. The number of carbonyl (C=O) groups is 2. The average Bonchev–Trinajstić information content (AvgIpc) is 3.33. The number of hydrogen-bond donors (Lipinski definition) is 1. The first-order chi connectivity index (χ1) is 16.6. The summed E-state index contributed by atoms with van der Waals surface area (Å²) in [6.45, 7) is 8.32. The highest BCUT2D eigenvalue weighted by Crippen LogP contribution is 2.31. The molecule has 7 heteroatoms. The van der Waals surface area contributed by atoms with E-state index in [4.69, 9.17) is 9.47 Å². The lowest BCUT2D eigenvalue weighted by molar-refractivity contribution is -0.142. The summed E-state index contributed by atoms with van der Waals surface area (Å²) in [5, 5.41) is 3.12. The topological polar surface area (TPSA) is 67.9 Å². The Balaban J connectivity index is 1.75. The van der Waals surface area contributed by atoms with E-state index in [-0.39, 0.29) is 36.4 Å². The van der Waals surface area contributed by atoms with Gasteiger partial charge in [-0.05, 0) is 76.5 Å². The third-order valence-corrected chi connectivity index (χ3v) is 7.12. The molecule has 1 aliphatic rings. The van der Waals surface area contributed by atoms with Crippen LogP contribution in [0.2, 0.25) is 0 Å². The summed E-state index contributed by atoms with van der Waals surface area (Å²) < 4.78 is 12.0. The van der Waals surface area contributed by atoms with Crippen molar-refractivity contribution in [2.24, 2.45) is 0 Å². The average molecular weight is 546 g/mol. The number of rotatable bonds is 9. The summed E-state index contributed by atoms with van der Waals surface area (Å²) in [6.07, 6.45) is 4.24. The fraction of sp³-hybridized carbons (Fsp3) is 0.500. The zero-order valence-electron chi connectivity index (χ0n) is 21.4. The van der Waals surface area contributed by atoms with Crippen LogP contribution in [0.3, 0.4) is 0 Å². The molecule has 1 fully saturated rings. The molecule has 0 spiro atoms. The molecule has 0 aliphatic heterocycles. The molecule has 0 bridgehead atoms. The molecule has 0 radical (unpaired) electrons. The molecule has 6 nitrogen and oxygen atoms in total. The summed E-state index contributed by atoms with van der Waals surface area (Å²) in [7, 11) is 1.61. The SMILES string of the molecule is COc1cccc(CN(C(=O)COc2ccc(C(C)(C)C)cc2Br)[C@@H](C)C(=O)NC2CCCC2)c1. The maximum atomic E-state index is 13.4. The van der Waals surface area contributed by atoms with E-state index >= 15 is 0 Å². The van der Waals surface area contributed by atoms with Crippen molar-refractivity contribution in [3.63, 3.8) is 0 Å². The predicted octanol–water partition coefficient (Wildman–Crippen LogP) is 5.61. The van der Waals surface area contributed by atoms with Crippen LogP contribution in [0.4, 0.5) is 0 Å². The molecule has 0 unspecified atom stereocenters. The van der Waals surface area contributed by atoms with Crippen LogP contribution in [0, 0.1) is 0 Å². The van der Waals surface area contributed by atoms with Crippen LogP contribution >= 0.6 is 15.9 Å². The van der Waals surface area contributed by atoms with Gasteiger partial charge in [-0.1, -0.05) is 51.8 Å². The van der Waals surface area contributed by atoms with E-state index in [0.717, 1.165) is 35.7 Å². The molecular formula is C28H37BrN2O4. The molecule has 2 aromatic rings. The monoisotopic (exact) mass is 544 g/mol. The summed E-state index contributed by atoms with van der Waals surface area (Å²) in [5.41, 5.74) is 2.06. The first-order valence-electron chi connectivity index (χ1n) is 12.2. The molecule has 3 rings (SSSR count). The van der Waals surface area contributed by atoms with Crippen LogP contribution in [0.25, 0.3) is 0 Å². The molecule has 35 heavy (non-hydrogen) atoms. The summed E-state index contributed by atoms with van der Waals surface area (Å²) in [4.78, 5) is 28.0. The van der Waals surface area contributed by atoms with Crippen molar-refractivity contribution < 1.29 is 19.1 Å². The van der Waals surface area contributed by atoms with E-state index in [2.05, 4.69) is 42.0 Å². The number of nitrogens with one attached hydrogen (secondary N) is 1. The molecule has 0 saturated heterocycles. The predicted molar refractivity (Wildman–Crippen MR) is 142 cm³/mol. The molecule has 2 aromatic carbocycles.